The number of nitrogen functional groups attached to an aromatic ring is 1. The van der Waals surface area contributed by atoms with Gasteiger partial charge in [0.05, 0.1) is 11.4 Å². The number of hydrogen-bond donors (Lipinski definition) is 2. The molecule has 0 aliphatic rings. The van der Waals surface area contributed by atoms with Crippen LogP contribution in [0.3, 0.4) is 0 Å². The number of benzene rings is 1. The van der Waals surface area contributed by atoms with Crippen LogP contribution in [0, 0.1) is 17.1 Å². The summed E-state index contributed by atoms with van der Waals surface area (Å²) in [6, 6.07) is 9.00. The Balaban J connectivity index is 2.08. The Labute approximate surface area is 109 Å². The summed E-state index contributed by atoms with van der Waals surface area (Å²) in [6.45, 7) is -0.00723. The number of nitrogens with two attached hydrogens (primary N) is 1. The summed E-state index contributed by atoms with van der Waals surface area (Å²) in [6.07, 6.45) is 1.63. The highest BCUT2D eigenvalue weighted by atomic mass is 19.1. The molecule has 0 fully saturated rings. The number of nitrogens with one attached hydrogen (secondary N) is 1. The third-order valence-electron chi connectivity index (χ3n) is 2.55. The minimum Gasteiger partial charge on any atom is -0.397 e. The van der Waals surface area contributed by atoms with Gasteiger partial charge in [0.25, 0.3) is 0 Å². The molecule has 0 aliphatic carbocycles. The zero-order chi connectivity index (χ0) is 13.8. The van der Waals surface area contributed by atoms with Gasteiger partial charge in [0, 0.05) is 6.20 Å². The quantitative estimate of drug-likeness (QED) is 0.822. The summed E-state index contributed by atoms with van der Waals surface area (Å²) >= 11 is 0. The fourth-order valence-corrected chi connectivity index (χ4v) is 1.65. The summed E-state index contributed by atoms with van der Waals surface area (Å²) in [5.41, 5.74) is 6.47. The van der Waals surface area contributed by atoms with Crippen LogP contribution in [-0.4, -0.2) is 10.5 Å². The van der Waals surface area contributed by atoms with E-state index >= 15 is 0 Å². The number of nitrogens with zero attached hydrogens (tertiary/aromatic N) is 2. The van der Waals surface area contributed by atoms with E-state index in [9.17, 15) is 9.18 Å². The van der Waals surface area contributed by atoms with E-state index in [0.29, 0.717) is 11.4 Å². The Morgan fingerprint density at radius 2 is 2.26 bits per heavy atom. The first-order valence-corrected chi connectivity index (χ1v) is 5.50. The van der Waals surface area contributed by atoms with Crippen LogP contribution in [0.1, 0.15) is 5.69 Å². The van der Waals surface area contributed by atoms with Gasteiger partial charge in [0.15, 0.2) is 0 Å². The molecule has 1 aromatic heterocycles. The van der Waals surface area contributed by atoms with E-state index in [2.05, 4.69) is 5.32 Å². The number of carbonyl (C=O) groups is 1. The van der Waals surface area contributed by atoms with Gasteiger partial charge < -0.3 is 15.6 Å². The molecular formula is C13H11FN4O. The standard InChI is InChI=1S/C13H11FN4O/c14-9-3-4-12(11(16)6-9)17-13(19)8-18-5-1-2-10(18)7-15/h1-6H,8,16H2,(H,17,19). The van der Waals surface area contributed by atoms with Crippen molar-refractivity contribution >= 4 is 17.3 Å². The Morgan fingerprint density at radius 1 is 1.47 bits per heavy atom. The van der Waals surface area contributed by atoms with E-state index in [1.807, 2.05) is 6.07 Å². The predicted octanol–water partition coefficient (Wildman–Crippen LogP) is 1.72. The molecule has 0 bridgehead atoms. The van der Waals surface area contributed by atoms with Crippen molar-refractivity contribution in [1.82, 2.24) is 4.57 Å². The monoisotopic (exact) mass is 258 g/mol. The van der Waals surface area contributed by atoms with Crippen LogP contribution in [0.5, 0.6) is 0 Å². The maximum atomic E-state index is 12.9. The number of aromatic nitrogens is 1. The maximum absolute atomic E-state index is 12.9. The minimum absolute atomic E-state index is 0.00723. The van der Waals surface area contributed by atoms with Crippen molar-refractivity contribution in [3.05, 3.63) is 48.0 Å². The molecule has 0 unspecified atom stereocenters. The largest absolute Gasteiger partial charge is 0.397 e. The van der Waals surface area contributed by atoms with Crippen LogP contribution in [0.25, 0.3) is 0 Å². The fraction of sp³-hybridized carbons (Fsp3) is 0.0769. The van der Waals surface area contributed by atoms with Gasteiger partial charge >= 0.3 is 0 Å². The summed E-state index contributed by atoms with van der Waals surface area (Å²) in [7, 11) is 0. The maximum Gasteiger partial charge on any atom is 0.244 e. The smallest absolute Gasteiger partial charge is 0.244 e. The SMILES string of the molecule is N#Cc1cccn1CC(=O)Nc1ccc(F)cc1N. The van der Waals surface area contributed by atoms with Gasteiger partial charge in [-0.1, -0.05) is 0 Å². The molecule has 0 aliphatic heterocycles. The molecule has 1 amide bonds. The molecule has 96 valence electrons. The summed E-state index contributed by atoms with van der Waals surface area (Å²) in [5.74, 6) is -0.807. The Morgan fingerprint density at radius 3 is 2.95 bits per heavy atom. The minimum atomic E-state index is -0.465. The normalized spacial score (nSPS) is 9.89. The van der Waals surface area contributed by atoms with Gasteiger partial charge in [-0.25, -0.2) is 4.39 Å². The molecule has 0 spiro atoms. The Bertz CT molecular complexity index is 657. The van der Waals surface area contributed by atoms with E-state index in [4.69, 9.17) is 11.0 Å². The number of anilines is 2. The lowest BCUT2D eigenvalue weighted by atomic mass is 10.2. The molecule has 3 N–H and O–H groups in total. The highest BCUT2D eigenvalue weighted by Gasteiger charge is 2.08. The van der Waals surface area contributed by atoms with Crippen LogP contribution >= 0.6 is 0 Å². The average Bonchev–Trinajstić information content (AvgIpc) is 2.80. The second-order valence-corrected chi connectivity index (χ2v) is 3.91. The van der Waals surface area contributed by atoms with Crippen LogP contribution in [0.15, 0.2) is 36.5 Å². The first kappa shape index (κ1) is 12.6. The average molecular weight is 258 g/mol. The van der Waals surface area contributed by atoms with Crippen molar-refractivity contribution in [2.45, 2.75) is 6.54 Å². The zero-order valence-corrected chi connectivity index (χ0v) is 9.93. The zero-order valence-electron chi connectivity index (χ0n) is 9.93. The van der Waals surface area contributed by atoms with Crippen molar-refractivity contribution in [3.63, 3.8) is 0 Å². The van der Waals surface area contributed by atoms with E-state index in [1.54, 1.807) is 18.3 Å². The van der Waals surface area contributed by atoms with E-state index < -0.39 is 5.82 Å². The van der Waals surface area contributed by atoms with Crippen molar-refractivity contribution in [2.75, 3.05) is 11.1 Å². The molecule has 2 rings (SSSR count). The summed E-state index contributed by atoms with van der Waals surface area (Å²) < 4.78 is 14.4. The number of amides is 1. The Kier molecular flexibility index (Phi) is 3.48. The predicted molar refractivity (Wildman–Crippen MR) is 68.6 cm³/mol. The summed E-state index contributed by atoms with van der Waals surface area (Å²) in [5, 5.41) is 11.4. The molecule has 0 saturated heterocycles. The second kappa shape index (κ2) is 5.23. The molecule has 5 nitrogen and oxygen atoms in total. The lowest BCUT2D eigenvalue weighted by Crippen LogP contribution is -2.19. The highest BCUT2D eigenvalue weighted by Crippen LogP contribution is 2.19. The van der Waals surface area contributed by atoms with Crippen LogP contribution in [0.4, 0.5) is 15.8 Å². The van der Waals surface area contributed by atoms with Gasteiger partial charge in [-0.15, -0.1) is 0 Å². The van der Waals surface area contributed by atoms with E-state index in [1.165, 1.54) is 16.7 Å². The van der Waals surface area contributed by atoms with Crippen LogP contribution in [-0.2, 0) is 11.3 Å². The number of hydrogen-bond acceptors (Lipinski definition) is 3. The van der Waals surface area contributed by atoms with Crippen molar-refractivity contribution in [2.24, 2.45) is 0 Å². The van der Waals surface area contributed by atoms with Gasteiger partial charge in [-0.3, -0.25) is 4.79 Å². The molecular weight excluding hydrogens is 247 g/mol. The Hall–Kier alpha value is -2.81. The number of carbonyl (C=O) groups excluding carboxylic acids is 1. The highest BCUT2D eigenvalue weighted by molar-refractivity contribution is 5.93. The molecule has 0 radical (unpaired) electrons. The van der Waals surface area contributed by atoms with Crippen molar-refractivity contribution in [1.29, 1.82) is 5.26 Å². The molecule has 19 heavy (non-hydrogen) atoms. The molecule has 1 heterocycles. The molecule has 2 aromatic rings. The first-order valence-electron chi connectivity index (χ1n) is 5.50. The molecule has 6 heteroatoms. The number of halogens is 1. The van der Waals surface area contributed by atoms with Crippen LogP contribution in [0.2, 0.25) is 0 Å². The van der Waals surface area contributed by atoms with Crippen molar-refractivity contribution < 1.29 is 9.18 Å². The van der Waals surface area contributed by atoms with Gasteiger partial charge in [-0.05, 0) is 30.3 Å². The summed E-state index contributed by atoms with van der Waals surface area (Å²) in [4.78, 5) is 11.8. The lowest BCUT2D eigenvalue weighted by Gasteiger charge is -2.09. The third-order valence-corrected chi connectivity index (χ3v) is 2.55. The number of nitriles is 1. The second-order valence-electron chi connectivity index (χ2n) is 3.91. The van der Waals surface area contributed by atoms with Crippen LogP contribution < -0.4 is 11.1 Å². The van der Waals surface area contributed by atoms with Gasteiger partial charge in [0.1, 0.15) is 24.1 Å². The topological polar surface area (TPSA) is 83.8 Å². The van der Waals surface area contributed by atoms with E-state index in [0.717, 1.165) is 6.07 Å². The first-order chi connectivity index (χ1) is 9.10. The van der Waals surface area contributed by atoms with E-state index in [-0.39, 0.29) is 18.1 Å². The molecule has 1 aromatic carbocycles. The van der Waals surface area contributed by atoms with Gasteiger partial charge in [0.2, 0.25) is 5.91 Å². The third kappa shape index (κ3) is 2.90. The van der Waals surface area contributed by atoms with Gasteiger partial charge in [-0.2, -0.15) is 5.26 Å². The lowest BCUT2D eigenvalue weighted by molar-refractivity contribution is -0.116. The number of rotatable bonds is 3. The fourth-order valence-electron chi connectivity index (χ4n) is 1.65. The van der Waals surface area contributed by atoms with Crippen molar-refractivity contribution in [3.8, 4) is 6.07 Å². The molecule has 0 saturated carbocycles. The molecule has 0 atom stereocenters.